The van der Waals surface area contributed by atoms with Crippen LogP contribution >= 0.6 is 11.6 Å². The minimum absolute atomic E-state index is 0.0134. The molecule has 2 heterocycles. The molecule has 0 radical (unpaired) electrons. The van der Waals surface area contributed by atoms with Gasteiger partial charge < -0.3 is 30.5 Å². The second kappa shape index (κ2) is 10.8. The molecule has 0 aliphatic rings. The van der Waals surface area contributed by atoms with Crippen molar-refractivity contribution in [2.45, 2.75) is 30.8 Å². The molecule has 2 aromatic heterocycles. The van der Waals surface area contributed by atoms with Crippen molar-refractivity contribution in [1.82, 2.24) is 19.5 Å². The van der Waals surface area contributed by atoms with E-state index in [4.69, 9.17) is 31.9 Å². The Morgan fingerprint density at radius 1 is 1.22 bits per heavy atom. The highest BCUT2D eigenvalue weighted by Gasteiger charge is 2.49. The van der Waals surface area contributed by atoms with Gasteiger partial charge in [0.1, 0.15) is 5.52 Å². The van der Waals surface area contributed by atoms with Gasteiger partial charge in [0.25, 0.3) is 5.60 Å². The number of hydrogen-bond donors (Lipinski definition) is 4. The number of aromatic carboxylic acids is 1. The third kappa shape index (κ3) is 5.50. The van der Waals surface area contributed by atoms with Crippen LogP contribution < -0.4 is 5.73 Å². The van der Waals surface area contributed by atoms with Crippen LogP contribution in [0.1, 0.15) is 28.6 Å². The normalized spacial score (nSPS) is 13.4. The van der Waals surface area contributed by atoms with Gasteiger partial charge in [-0.05, 0) is 29.3 Å². The SMILES string of the molecule is COC(COC(Cc1cccc(C(=O)O)c1)(C(=O)O)C(=O)O)CC(F)n1cnc2c(N)nc(Cl)nc21. The summed E-state index contributed by atoms with van der Waals surface area (Å²) in [5.41, 5.74) is 2.98. The van der Waals surface area contributed by atoms with E-state index in [1.165, 1.54) is 25.3 Å². The molecule has 1 aromatic carbocycles. The number of alkyl halides is 1. The number of methoxy groups -OCH3 is 1. The molecule has 0 fully saturated rings. The smallest absolute Gasteiger partial charge is 0.348 e. The number of nitrogens with zero attached hydrogens (tertiary/aromatic N) is 4. The Morgan fingerprint density at radius 2 is 1.92 bits per heavy atom. The highest BCUT2D eigenvalue weighted by Crippen LogP contribution is 2.27. The molecule has 36 heavy (non-hydrogen) atoms. The first-order valence-electron chi connectivity index (χ1n) is 10.2. The van der Waals surface area contributed by atoms with Gasteiger partial charge in [0.05, 0.1) is 24.6 Å². The number of aliphatic carboxylic acids is 2. The molecule has 0 aliphatic carbocycles. The number of benzene rings is 1. The van der Waals surface area contributed by atoms with Crippen molar-refractivity contribution in [3.05, 3.63) is 47.0 Å². The number of carboxylic acid groups (broad SMARTS) is 3. The lowest BCUT2D eigenvalue weighted by atomic mass is 9.93. The van der Waals surface area contributed by atoms with Crippen LogP contribution in [0.3, 0.4) is 0 Å². The van der Waals surface area contributed by atoms with Crippen LogP contribution in [0.5, 0.6) is 0 Å². The van der Waals surface area contributed by atoms with E-state index in [9.17, 15) is 24.6 Å². The molecule has 3 aromatic rings. The lowest BCUT2D eigenvalue weighted by Crippen LogP contribution is -2.52. The molecule has 2 unspecified atom stereocenters. The van der Waals surface area contributed by atoms with Gasteiger partial charge in [-0.15, -0.1) is 0 Å². The molecule has 0 saturated carbocycles. The zero-order valence-electron chi connectivity index (χ0n) is 18.7. The van der Waals surface area contributed by atoms with Crippen molar-refractivity contribution in [2.24, 2.45) is 0 Å². The number of ether oxygens (including phenoxy) is 2. The molecule has 5 N–H and O–H groups in total. The topological polar surface area (TPSA) is 200 Å². The summed E-state index contributed by atoms with van der Waals surface area (Å²) < 4.78 is 26.7. The van der Waals surface area contributed by atoms with Gasteiger partial charge in [-0.3, -0.25) is 4.57 Å². The Bertz CT molecular complexity index is 1290. The highest BCUT2D eigenvalue weighted by atomic mass is 35.5. The Kier molecular flexibility index (Phi) is 8.02. The summed E-state index contributed by atoms with van der Waals surface area (Å²) in [4.78, 5) is 46.9. The predicted octanol–water partition coefficient (Wildman–Crippen LogP) is 1.80. The zero-order chi connectivity index (χ0) is 26.6. The van der Waals surface area contributed by atoms with Crippen LogP contribution in [0.4, 0.5) is 10.2 Å². The zero-order valence-corrected chi connectivity index (χ0v) is 19.4. The Hall–Kier alpha value is -3.88. The Morgan fingerprint density at radius 3 is 2.53 bits per heavy atom. The average Bonchev–Trinajstić information content (AvgIpc) is 3.24. The first-order valence-corrected chi connectivity index (χ1v) is 10.6. The number of hydrogen-bond acceptors (Lipinski definition) is 9. The first kappa shape index (κ1) is 26.7. The first-order chi connectivity index (χ1) is 17.0. The molecular formula is C21H21ClFN5O8. The van der Waals surface area contributed by atoms with Crippen molar-refractivity contribution in [2.75, 3.05) is 19.5 Å². The lowest BCUT2D eigenvalue weighted by Gasteiger charge is -2.28. The summed E-state index contributed by atoms with van der Waals surface area (Å²) in [6, 6.07) is 5.12. The number of aromatic nitrogens is 4. The average molecular weight is 526 g/mol. The van der Waals surface area contributed by atoms with Crippen LogP contribution in [-0.4, -0.2) is 78.2 Å². The largest absolute Gasteiger partial charge is 0.479 e. The van der Waals surface area contributed by atoms with Gasteiger partial charge in [0.2, 0.25) is 5.28 Å². The minimum atomic E-state index is -2.80. The fourth-order valence-corrected chi connectivity index (χ4v) is 3.60. The summed E-state index contributed by atoms with van der Waals surface area (Å²) in [5.74, 6) is -4.99. The van der Waals surface area contributed by atoms with E-state index in [-0.39, 0.29) is 33.4 Å². The maximum absolute atomic E-state index is 15.2. The summed E-state index contributed by atoms with van der Waals surface area (Å²) in [7, 11) is 1.21. The number of fused-ring (bicyclic) bond motifs is 1. The third-order valence-electron chi connectivity index (χ3n) is 5.35. The quantitative estimate of drug-likeness (QED) is 0.197. The van der Waals surface area contributed by atoms with E-state index in [0.29, 0.717) is 0 Å². The van der Waals surface area contributed by atoms with Crippen LogP contribution in [-0.2, 0) is 25.5 Å². The van der Waals surface area contributed by atoms with Crippen molar-refractivity contribution < 1.29 is 43.6 Å². The monoisotopic (exact) mass is 525 g/mol. The molecule has 15 heteroatoms. The van der Waals surface area contributed by atoms with E-state index in [1.54, 1.807) is 0 Å². The summed E-state index contributed by atoms with van der Waals surface area (Å²) in [6.45, 7) is -0.626. The molecule has 13 nitrogen and oxygen atoms in total. The van der Waals surface area contributed by atoms with Crippen LogP contribution in [0.15, 0.2) is 30.6 Å². The standard InChI is InChI=1S/C21H21ClFN5O8/c1-35-12(6-13(23)28-9-25-14-15(24)26-20(22)27-16(14)28)8-36-21(18(31)32,19(33)34)7-10-3-2-4-11(5-10)17(29)30/h2-5,9,12-13H,6-8H2,1H3,(H,29,30)(H,31,32)(H,33,34)(H2,24,26,27). The van der Waals surface area contributed by atoms with Gasteiger partial charge >= 0.3 is 17.9 Å². The molecule has 0 bridgehead atoms. The fraction of sp³-hybridized carbons (Fsp3) is 0.333. The molecular weight excluding hydrogens is 505 g/mol. The number of imidazole rings is 1. The van der Waals surface area contributed by atoms with E-state index in [0.717, 1.165) is 17.0 Å². The lowest BCUT2D eigenvalue weighted by molar-refractivity contribution is -0.188. The molecule has 3 rings (SSSR count). The number of carboxylic acids is 3. The van der Waals surface area contributed by atoms with Crippen molar-refractivity contribution in [1.29, 1.82) is 0 Å². The molecule has 192 valence electrons. The molecule has 0 spiro atoms. The second-order valence-corrected chi connectivity index (χ2v) is 8.00. The highest BCUT2D eigenvalue weighted by molar-refractivity contribution is 6.28. The maximum Gasteiger partial charge on any atom is 0.348 e. The van der Waals surface area contributed by atoms with E-state index in [1.807, 2.05) is 0 Å². The van der Waals surface area contributed by atoms with Gasteiger partial charge in [-0.2, -0.15) is 9.97 Å². The van der Waals surface area contributed by atoms with E-state index in [2.05, 4.69) is 15.0 Å². The summed E-state index contributed by atoms with van der Waals surface area (Å²) >= 11 is 5.79. The number of nitrogens with two attached hydrogens (primary N) is 1. The fourth-order valence-electron chi connectivity index (χ4n) is 3.43. The van der Waals surface area contributed by atoms with Gasteiger partial charge in [-0.1, -0.05) is 12.1 Å². The molecule has 0 amide bonds. The van der Waals surface area contributed by atoms with Crippen molar-refractivity contribution in [3.8, 4) is 0 Å². The Labute approximate surface area is 207 Å². The minimum Gasteiger partial charge on any atom is -0.479 e. The second-order valence-electron chi connectivity index (χ2n) is 7.66. The van der Waals surface area contributed by atoms with Gasteiger partial charge in [-0.25, -0.2) is 23.8 Å². The van der Waals surface area contributed by atoms with Crippen LogP contribution in [0, 0.1) is 0 Å². The van der Waals surface area contributed by atoms with E-state index < -0.39 is 55.4 Å². The maximum atomic E-state index is 15.2. The van der Waals surface area contributed by atoms with Crippen LogP contribution in [0.25, 0.3) is 11.2 Å². The molecule has 2 atom stereocenters. The van der Waals surface area contributed by atoms with Gasteiger partial charge in [0, 0.05) is 20.0 Å². The number of halogens is 2. The number of anilines is 1. The summed E-state index contributed by atoms with van der Waals surface area (Å²) in [6.07, 6.45) is -2.90. The molecule has 0 saturated heterocycles. The third-order valence-corrected chi connectivity index (χ3v) is 5.52. The predicted molar refractivity (Wildman–Crippen MR) is 121 cm³/mol. The van der Waals surface area contributed by atoms with Crippen molar-refractivity contribution in [3.63, 3.8) is 0 Å². The van der Waals surface area contributed by atoms with E-state index >= 15 is 4.39 Å². The number of nitrogen functional groups attached to an aromatic ring is 1. The van der Waals surface area contributed by atoms with Crippen LogP contribution in [0.2, 0.25) is 5.28 Å². The summed E-state index contributed by atoms with van der Waals surface area (Å²) in [5, 5.41) is 28.4. The van der Waals surface area contributed by atoms with Crippen molar-refractivity contribution >= 4 is 46.5 Å². The Balaban J connectivity index is 1.80. The number of rotatable bonds is 12. The van der Waals surface area contributed by atoms with Gasteiger partial charge in [0.15, 0.2) is 17.8 Å². The molecule has 0 aliphatic heterocycles. The number of carbonyl (C=O) groups is 3.